The molecule has 5 nitrogen and oxygen atoms in total. The molecule has 1 aliphatic carbocycles. The van der Waals surface area contributed by atoms with Gasteiger partial charge >= 0.3 is 5.97 Å². The van der Waals surface area contributed by atoms with Gasteiger partial charge in [-0.25, -0.2) is 4.79 Å². The van der Waals surface area contributed by atoms with Gasteiger partial charge in [-0.3, -0.25) is 11.3 Å². The second-order valence-electron chi connectivity index (χ2n) is 8.42. The number of hydrogen-bond acceptors (Lipinski definition) is 5. The van der Waals surface area contributed by atoms with Crippen LogP contribution in [0.1, 0.15) is 53.1 Å². The summed E-state index contributed by atoms with van der Waals surface area (Å²) < 4.78 is 0. The van der Waals surface area contributed by atoms with Gasteiger partial charge in [0.15, 0.2) is 0 Å². The van der Waals surface area contributed by atoms with Crippen LogP contribution in [0.3, 0.4) is 0 Å². The average molecular weight is 386 g/mol. The van der Waals surface area contributed by atoms with E-state index in [1.165, 1.54) is 17.0 Å². The van der Waals surface area contributed by atoms with E-state index in [2.05, 4.69) is 42.4 Å². The number of hydrazine groups is 1. The maximum Gasteiger partial charge on any atom is 0.337 e. The van der Waals surface area contributed by atoms with Crippen molar-refractivity contribution in [2.75, 3.05) is 18.0 Å². The number of fused-ring (bicyclic) bond motifs is 1. The molecule has 6 heteroatoms. The van der Waals surface area contributed by atoms with Crippen LogP contribution in [-0.4, -0.2) is 24.2 Å². The van der Waals surface area contributed by atoms with Crippen molar-refractivity contribution in [3.8, 4) is 10.4 Å². The molecule has 0 spiro atoms. The van der Waals surface area contributed by atoms with Crippen LogP contribution in [0.4, 0.5) is 5.69 Å². The Bertz CT molecular complexity index is 884. The van der Waals surface area contributed by atoms with Gasteiger partial charge in [-0.15, -0.1) is 11.3 Å². The number of thiophene rings is 1. The Labute approximate surface area is 164 Å². The molecule has 2 aromatic rings. The summed E-state index contributed by atoms with van der Waals surface area (Å²) in [6.45, 7) is 7.13. The average Bonchev–Trinajstić information content (AvgIpc) is 2.91. The summed E-state index contributed by atoms with van der Waals surface area (Å²) in [5.41, 5.74) is 7.69. The first-order valence-electron chi connectivity index (χ1n) is 9.59. The monoisotopic (exact) mass is 385 g/mol. The minimum atomic E-state index is -0.821. The van der Waals surface area contributed by atoms with E-state index in [-0.39, 0.29) is 5.41 Å². The third kappa shape index (κ3) is 3.37. The van der Waals surface area contributed by atoms with Crippen molar-refractivity contribution in [3.63, 3.8) is 0 Å². The molecule has 2 aliphatic rings. The van der Waals surface area contributed by atoms with E-state index in [0.717, 1.165) is 53.9 Å². The van der Waals surface area contributed by atoms with E-state index >= 15 is 0 Å². The first-order chi connectivity index (χ1) is 12.9. The van der Waals surface area contributed by atoms with E-state index in [0.29, 0.717) is 12.1 Å². The number of carboxylic acid groups (broad SMARTS) is 1. The number of anilines is 1. The van der Waals surface area contributed by atoms with Crippen molar-refractivity contribution in [2.45, 2.75) is 46.1 Å². The van der Waals surface area contributed by atoms with Gasteiger partial charge in [-0.2, -0.15) is 0 Å². The van der Waals surface area contributed by atoms with Crippen molar-refractivity contribution in [1.82, 2.24) is 5.43 Å². The van der Waals surface area contributed by atoms with Gasteiger partial charge in [-0.05, 0) is 59.9 Å². The lowest BCUT2D eigenvalue weighted by Crippen LogP contribution is -2.37. The van der Waals surface area contributed by atoms with Crippen LogP contribution in [0.5, 0.6) is 0 Å². The predicted molar refractivity (Wildman–Crippen MR) is 110 cm³/mol. The first-order valence-corrected chi connectivity index (χ1v) is 10.4. The number of nitrogens with one attached hydrogen (secondary N) is 1. The van der Waals surface area contributed by atoms with Crippen molar-refractivity contribution in [3.05, 3.63) is 39.8 Å². The van der Waals surface area contributed by atoms with E-state index in [9.17, 15) is 9.90 Å². The summed E-state index contributed by atoms with van der Waals surface area (Å²) >= 11 is 1.66. The molecule has 1 aromatic carbocycles. The van der Waals surface area contributed by atoms with E-state index in [4.69, 9.17) is 5.84 Å². The highest BCUT2D eigenvalue weighted by Crippen LogP contribution is 2.46. The smallest absolute Gasteiger partial charge is 0.337 e. The Balaban J connectivity index is 1.83. The number of nitrogens with two attached hydrogens (primary N) is 1. The lowest BCUT2D eigenvalue weighted by Gasteiger charge is -2.33. The Morgan fingerprint density at radius 3 is 2.78 bits per heavy atom. The molecule has 0 atom stereocenters. The Morgan fingerprint density at radius 1 is 1.37 bits per heavy atom. The fourth-order valence-electron chi connectivity index (χ4n) is 4.16. The molecule has 1 saturated heterocycles. The lowest BCUT2D eigenvalue weighted by molar-refractivity contribution is 0.0696. The zero-order valence-corrected chi connectivity index (χ0v) is 16.8. The third-order valence-electron chi connectivity index (χ3n) is 5.84. The molecule has 27 heavy (non-hydrogen) atoms. The second-order valence-corrected chi connectivity index (χ2v) is 9.52. The van der Waals surface area contributed by atoms with Crippen LogP contribution in [0.15, 0.2) is 18.2 Å². The van der Waals surface area contributed by atoms with E-state index < -0.39 is 5.97 Å². The van der Waals surface area contributed by atoms with Crippen molar-refractivity contribution in [1.29, 1.82) is 0 Å². The van der Waals surface area contributed by atoms with Crippen LogP contribution in [-0.2, 0) is 19.4 Å². The van der Waals surface area contributed by atoms with Gasteiger partial charge in [0, 0.05) is 35.1 Å². The third-order valence-corrected chi connectivity index (χ3v) is 7.16. The van der Waals surface area contributed by atoms with Gasteiger partial charge in [0.1, 0.15) is 0 Å². The molecule has 1 aromatic heterocycles. The number of aryl methyl sites for hydroxylation is 1. The number of nitrogens with zero attached hydrogens (tertiary/aromatic N) is 1. The van der Waals surface area contributed by atoms with E-state index in [1.54, 1.807) is 11.3 Å². The summed E-state index contributed by atoms with van der Waals surface area (Å²) in [7, 11) is 0. The summed E-state index contributed by atoms with van der Waals surface area (Å²) in [6, 6.07) is 6.35. The van der Waals surface area contributed by atoms with Crippen LogP contribution in [0.2, 0.25) is 0 Å². The van der Waals surface area contributed by atoms with Crippen LogP contribution in [0.25, 0.3) is 10.4 Å². The highest BCUT2D eigenvalue weighted by atomic mass is 32.1. The van der Waals surface area contributed by atoms with Crippen LogP contribution >= 0.6 is 11.3 Å². The molecule has 2 heterocycles. The second kappa shape index (κ2) is 6.93. The molecule has 0 amide bonds. The molecule has 1 fully saturated rings. The molecular weight excluding hydrogens is 358 g/mol. The fourth-order valence-corrected chi connectivity index (χ4v) is 5.53. The maximum absolute atomic E-state index is 12.2. The molecular formula is C21H27N3O2S. The molecule has 4 N–H and O–H groups in total. The van der Waals surface area contributed by atoms with Crippen molar-refractivity contribution in [2.24, 2.45) is 11.3 Å². The number of benzene rings is 1. The molecule has 144 valence electrons. The molecule has 0 radical (unpaired) electrons. The summed E-state index contributed by atoms with van der Waals surface area (Å²) in [6.07, 6.45) is 4.12. The normalized spacial score (nSPS) is 18.1. The van der Waals surface area contributed by atoms with Gasteiger partial charge in [0.2, 0.25) is 0 Å². The number of hydrogen-bond donors (Lipinski definition) is 3. The Hall–Kier alpha value is -1.89. The topological polar surface area (TPSA) is 78.6 Å². The molecule has 0 bridgehead atoms. The summed E-state index contributed by atoms with van der Waals surface area (Å²) in [5, 5.41) is 10.0. The minimum absolute atomic E-state index is 0.151. The van der Waals surface area contributed by atoms with Crippen molar-refractivity contribution >= 4 is 23.0 Å². The number of rotatable bonds is 5. The van der Waals surface area contributed by atoms with Crippen LogP contribution < -0.4 is 16.2 Å². The predicted octanol–water partition coefficient (Wildman–Crippen LogP) is 3.80. The Morgan fingerprint density at radius 2 is 2.15 bits per heavy atom. The highest BCUT2D eigenvalue weighted by molar-refractivity contribution is 7.16. The molecule has 0 saturated carbocycles. The van der Waals surface area contributed by atoms with Gasteiger partial charge in [0.05, 0.1) is 5.56 Å². The van der Waals surface area contributed by atoms with Crippen molar-refractivity contribution < 1.29 is 9.90 Å². The van der Waals surface area contributed by atoms with E-state index in [1.807, 2.05) is 0 Å². The van der Waals surface area contributed by atoms with Crippen LogP contribution in [0, 0.1) is 5.41 Å². The van der Waals surface area contributed by atoms with Gasteiger partial charge in [0.25, 0.3) is 0 Å². The minimum Gasteiger partial charge on any atom is -0.478 e. The quantitative estimate of drug-likeness (QED) is 0.539. The fraction of sp³-hybridized carbons (Fsp3) is 0.476. The zero-order valence-electron chi connectivity index (χ0n) is 16.0. The zero-order chi connectivity index (χ0) is 19.2. The molecule has 4 rings (SSSR count). The number of carboxylic acids is 1. The summed E-state index contributed by atoms with van der Waals surface area (Å²) in [5.74, 6) is 4.81. The SMILES string of the molecule is CC1(C)CCc2sc(-c3ccc(N4CCC4)cc3CNN)c(C(=O)O)c2C1. The number of carbonyl (C=O) groups is 1. The highest BCUT2D eigenvalue weighted by Gasteiger charge is 2.33. The number of aromatic carboxylic acids is 1. The largest absolute Gasteiger partial charge is 0.478 e. The molecule has 0 unspecified atom stereocenters. The Kier molecular flexibility index (Phi) is 4.74. The standard InChI is InChI=1S/C21H27N3O2S/c1-21(2)7-6-17-16(11-21)18(20(25)26)19(27-17)15-5-4-14(24-8-3-9-24)10-13(15)12-23-22/h4-5,10,23H,3,6-9,11-12,22H2,1-2H3,(H,25,26). The van der Waals surface area contributed by atoms with Gasteiger partial charge in [-0.1, -0.05) is 19.9 Å². The van der Waals surface area contributed by atoms with Gasteiger partial charge < -0.3 is 10.0 Å². The maximum atomic E-state index is 12.2. The lowest BCUT2D eigenvalue weighted by atomic mass is 9.76. The molecule has 1 aliphatic heterocycles. The first kappa shape index (κ1) is 18.5. The summed E-state index contributed by atoms with van der Waals surface area (Å²) in [4.78, 5) is 16.7.